The SMILES string of the molecule is CNc1ccc(C#N)c(C)n1. The molecule has 0 aliphatic rings. The minimum Gasteiger partial charge on any atom is -0.373 e. The molecule has 1 aromatic rings. The molecule has 0 saturated carbocycles. The highest BCUT2D eigenvalue weighted by atomic mass is 15.0. The van der Waals surface area contributed by atoms with Gasteiger partial charge in [-0.15, -0.1) is 0 Å². The third-order valence-corrected chi connectivity index (χ3v) is 1.46. The van der Waals surface area contributed by atoms with E-state index in [0.717, 1.165) is 11.5 Å². The molecule has 0 aromatic carbocycles. The van der Waals surface area contributed by atoms with E-state index in [4.69, 9.17) is 5.26 Å². The second-order valence-electron chi connectivity index (χ2n) is 2.19. The van der Waals surface area contributed by atoms with Crippen molar-refractivity contribution in [2.24, 2.45) is 0 Å². The summed E-state index contributed by atoms with van der Waals surface area (Å²) >= 11 is 0. The first-order valence-corrected chi connectivity index (χ1v) is 3.33. The van der Waals surface area contributed by atoms with Crippen molar-refractivity contribution in [3.8, 4) is 6.07 Å². The number of hydrogen-bond acceptors (Lipinski definition) is 3. The van der Waals surface area contributed by atoms with E-state index < -0.39 is 0 Å². The maximum absolute atomic E-state index is 8.57. The van der Waals surface area contributed by atoms with Crippen LogP contribution in [0.5, 0.6) is 0 Å². The number of nitrogens with one attached hydrogen (secondary N) is 1. The Morgan fingerprint density at radius 2 is 2.27 bits per heavy atom. The summed E-state index contributed by atoms with van der Waals surface area (Å²) in [4.78, 5) is 4.13. The van der Waals surface area contributed by atoms with Crippen LogP contribution in [0.3, 0.4) is 0 Å². The van der Waals surface area contributed by atoms with Gasteiger partial charge in [0.2, 0.25) is 0 Å². The number of aryl methyl sites for hydroxylation is 1. The zero-order chi connectivity index (χ0) is 8.27. The van der Waals surface area contributed by atoms with Crippen LogP contribution in [0, 0.1) is 18.3 Å². The smallest absolute Gasteiger partial charge is 0.126 e. The zero-order valence-corrected chi connectivity index (χ0v) is 6.55. The van der Waals surface area contributed by atoms with Gasteiger partial charge in [0.1, 0.15) is 11.9 Å². The molecule has 0 atom stereocenters. The number of pyridine rings is 1. The normalized spacial score (nSPS) is 8.82. The molecule has 0 fully saturated rings. The minimum absolute atomic E-state index is 0.629. The molecule has 0 aliphatic carbocycles. The van der Waals surface area contributed by atoms with E-state index in [1.54, 1.807) is 19.2 Å². The molecule has 0 unspecified atom stereocenters. The van der Waals surface area contributed by atoms with Crippen molar-refractivity contribution in [2.45, 2.75) is 6.92 Å². The number of nitriles is 1. The summed E-state index contributed by atoms with van der Waals surface area (Å²) < 4.78 is 0. The first kappa shape index (κ1) is 7.55. The molecule has 1 heterocycles. The first-order valence-electron chi connectivity index (χ1n) is 3.33. The Morgan fingerprint density at radius 3 is 2.73 bits per heavy atom. The summed E-state index contributed by atoms with van der Waals surface area (Å²) in [6.07, 6.45) is 0. The summed E-state index contributed by atoms with van der Waals surface area (Å²) in [6, 6.07) is 5.60. The molecule has 1 aromatic heterocycles. The fourth-order valence-corrected chi connectivity index (χ4v) is 0.818. The lowest BCUT2D eigenvalue weighted by atomic mass is 10.2. The van der Waals surface area contributed by atoms with E-state index in [-0.39, 0.29) is 0 Å². The molecule has 0 aliphatic heterocycles. The highest BCUT2D eigenvalue weighted by Gasteiger charge is 1.97. The van der Waals surface area contributed by atoms with Crippen molar-refractivity contribution in [2.75, 3.05) is 12.4 Å². The van der Waals surface area contributed by atoms with E-state index in [2.05, 4.69) is 16.4 Å². The fourth-order valence-electron chi connectivity index (χ4n) is 0.818. The molecule has 0 spiro atoms. The van der Waals surface area contributed by atoms with Gasteiger partial charge in [-0.3, -0.25) is 0 Å². The van der Waals surface area contributed by atoms with Gasteiger partial charge >= 0.3 is 0 Å². The molecule has 1 N–H and O–H groups in total. The van der Waals surface area contributed by atoms with Gasteiger partial charge in [0.05, 0.1) is 11.3 Å². The number of anilines is 1. The third kappa shape index (κ3) is 1.47. The molecule has 0 saturated heterocycles. The molecule has 56 valence electrons. The van der Waals surface area contributed by atoms with Gasteiger partial charge in [-0.25, -0.2) is 4.98 Å². The van der Waals surface area contributed by atoms with Crippen molar-refractivity contribution in [3.63, 3.8) is 0 Å². The van der Waals surface area contributed by atoms with Gasteiger partial charge < -0.3 is 5.32 Å². The van der Waals surface area contributed by atoms with Crippen LogP contribution in [0.4, 0.5) is 5.82 Å². The van der Waals surface area contributed by atoms with Crippen LogP contribution in [-0.2, 0) is 0 Å². The predicted molar refractivity (Wildman–Crippen MR) is 43.2 cm³/mol. The Labute approximate surface area is 65.7 Å². The average Bonchev–Trinajstić information content (AvgIpc) is 2.04. The Bertz CT molecular complexity index is 299. The van der Waals surface area contributed by atoms with E-state index >= 15 is 0 Å². The van der Waals surface area contributed by atoms with Crippen LogP contribution in [0.25, 0.3) is 0 Å². The molecule has 1 rings (SSSR count). The molecule has 3 nitrogen and oxygen atoms in total. The first-order chi connectivity index (χ1) is 5.27. The second-order valence-corrected chi connectivity index (χ2v) is 2.19. The zero-order valence-electron chi connectivity index (χ0n) is 6.55. The standard InChI is InChI=1S/C8H9N3/c1-6-7(5-9)3-4-8(10-2)11-6/h3-4H,1-2H3,(H,10,11). The third-order valence-electron chi connectivity index (χ3n) is 1.46. The fraction of sp³-hybridized carbons (Fsp3) is 0.250. The van der Waals surface area contributed by atoms with Crippen LogP contribution in [-0.4, -0.2) is 12.0 Å². The van der Waals surface area contributed by atoms with E-state index in [1.807, 2.05) is 6.92 Å². The number of nitrogens with zero attached hydrogens (tertiary/aromatic N) is 2. The summed E-state index contributed by atoms with van der Waals surface area (Å²) in [5.74, 6) is 0.793. The second kappa shape index (κ2) is 3.02. The Kier molecular flexibility index (Phi) is 2.07. The van der Waals surface area contributed by atoms with Gasteiger partial charge in [0, 0.05) is 7.05 Å². The molecule has 11 heavy (non-hydrogen) atoms. The summed E-state index contributed by atoms with van der Waals surface area (Å²) in [7, 11) is 1.80. The van der Waals surface area contributed by atoms with Gasteiger partial charge in [-0.1, -0.05) is 0 Å². The van der Waals surface area contributed by atoms with Crippen LogP contribution in [0.15, 0.2) is 12.1 Å². The van der Waals surface area contributed by atoms with Crippen molar-refractivity contribution in [1.29, 1.82) is 5.26 Å². The van der Waals surface area contributed by atoms with E-state index in [0.29, 0.717) is 5.56 Å². The molecule has 0 bridgehead atoms. The lowest BCUT2D eigenvalue weighted by Crippen LogP contribution is -1.95. The molecular weight excluding hydrogens is 138 g/mol. The number of rotatable bonds is 1. The van der Waals surface area contributed by atoms with E-state index in [9.17, 15) is 0 Å². The van der Waals surface area contributed by atoms with Gasteiger partial charge in [0.25, 0.3) is 0 Å². The maximum atomic E-state index is 8.57. The largest absolute Gasteiger partial charge is 0.373 e. The van der Waals surface area contributed by atoms with Crippen molar-refractivity contribution >= 4 is 5.82 Å². The molecule has 3 heteroatoms. The van der Waals surface area contributed by atoms with E-state index in [1.165, 1.54) is 0 Å². The maximum Gasteiger partial charge on any atom is 0.126 e. The highest BCUT2D eigenvalue weighted by molar-refractivity contribution is 5.42. The van der Waals surface area contributed by atoms with Gasteiger partial charge in [-0.05, 0) is 19.1 Å². The number of aromatic nitrogens is 1. The molecular formula is C8H9N3. The Balaban J connectivity index is 3.12. The topological polar surface area (TPSA) is 48.7 Å². The predicted octanol–water partition coefficient (Wildman–Crippen LogP) is 1.30. The summed E-state index contributed by atoms with van der Waals surface area (Å²) in [5.41, 5.74) is 1.39. The minimum atomic E-state index is 0.629. The quantitative estimate of drug-likeness (QED) is 0.651. The van der Waals surface area contributed by atoms with Crippen LogP contribution in [0.2, 0.25) is 0 Å². The lowest BCUT2D eigenvalue weighted by molar-refractivity contribution is 1.17. The molecule has 0 radical (unpaired) electrons. The van der Waals surface area contributed by atoms with Crippen LogP contribution in [0.1, 0.15) is 11.3 Å². The van der Waals surface area contributed by atoms with Crippen molar-refractivity contribution in [3.05, 3.63) is 23.4 Å². The van der Waals surface area contributed by atoms with Crippen molar-refractivity contribution < 1.29 is 0 Å². The Morgan fingerprint density at radius 1 is 1.55 bits per heavy atom. The summed E-state index contributed by atoms with van der Waals surface area (Å²) in [6.45, 7) is 1.82. The monoisotopic (exact) mass is 147 g/mol. The highest BCUT2D eigenvalue weighted by Crippen LogP contribution is 2.07. The Hall–Kier alpha value is -1.56. The van der Waals surface area contributed by atoms with Gasteiger partial charge in [-0.2, -0.15) is 5.26 Å². The van der Waals surface area contributed by atoms with Crippen molar-refractivity contribution in [1.82, 2.24) is 4.98 Å². The number of hydrogen-bond donors (Lipinski definition) is 1. The van der Waals surface area contributed by atoms with Crippen LogP contribution < -0.4 is 5.32 Å². The molecule has 0 amide bonds. The summed E-state index contributed by atoms with van der Waals surface area (Å²) in [5, 5.41) is 11.5. The van der Waals surface area contributed by atoms with Gasteiger partial charge in [0.15, 0.2) is 0 Å². The average molecular weight is 147 g/mol. The van der Waals surface area contributed by atoms with Crippen LogP contribution >= 0.6 is 0 Å². The lowest BCUT2D eigenvalue weighted by Gasteiger charge is -2.00.